The molecule has 0 saturated heterocycles. The summed E-state index contributed by atoms with van der Waals surface area (Å²) in [6.07, 6.45) is 1.86. The van der Waals surface area contributed by atoms with E-state index in [1.165, 1.54) is 16.4 Å². The predicted molar refractivity (Wildman–Crippen MR) is 103 cm³/mol. The van der Waals surface area contributed by atoms with Gasteiger partial charge in [0.15, 0.2) is 0 Å². The summed E-state index contributed by atoms with van der Waals surface area (Å²) in [6.45, 7) is 3.79. The fourth-order valence-corrected chi connectivity index (χ4v) is 3.09. The molecule has 0 atom stereocenters. The van der Waals surface area contributed by atoms with E-state index in [2.05, 4.69) is 31.2 Å². The average molecular weight is 437 g/mol. The Morgan fingerprint density at radius 3 is 2.92 bits per heavy atom. The van der Waals surface area contributed by atoms with Crippen LogP contribution in [0.5, 0.6) is 0 Å². The lowest BCUT2D eigenvalue weighted by Crippen LogP contribution is -2.15. The maximum atomic E-state index is 12.0. The minimum absolute atomic E-state index is 0.0372. The molecule has 0 aliphatic carbocycles. The molecule has 0 aliphatic rings. The summed E-state index contributed by atoms with van der Waals surface area (Å²) in [7, 11) is 0. The number of halogens is 1. The van der Waals surface area contributed by atoms with Crippen molar-refractivity contribution >= 4 is 33.7 Å². The molecule has 0 fully saturated rings. The Labute approximate surface area is 163 Å². The van der Waals surface area contributed by atoms with Crippen molar-refractivity contribution in [2.45, 2.75) is 20.4 Å². The predicted octanol–water partition coefficient (Wildman–Crippen LogP) is 3.84. The van der Waals surface area contributed by atoms with Gasteiger partial charge in [-0.3, -0.25) is 4.79 Å². The molecule has 3 aromatic rings. The Kier molecular flexibility index (Phi) is 5.77. The zero-order valence-electron chi connectivity index (χ0n) is 14.5. The summed E-state index contributed by atoms with van der Waals surface area (Å²) in [5.74, 6) is 0.680. The summed E-state index contributed by atoms with van der Waals surface area (Å²) in [4.78, 5) is 16.4. The highest BCUT2D eigenvalue weighted by molar-refractivity contribution is 9.10. The highest BCUT2D eigenvalue weighted by atomic mass is 79.9. The number of hydrogen-bond acceptors (Lipinski definition) is 7. The molecule has 26 heavy (non-hydrogen) atoms. The molecule has 1 aromatic carbocycles. The van der Waals surface area contributed by atoms with E-state index >= 15 is 0 Å². The number of carbonyl (C=O) groups excluding carboxylic acids is 1. The number of esters is 1. The first kappa shape index (κ1) is 18.7. The zero-order chi connectivity index (χ0) is 18.7. The van der Waals surface area contributed by atoms with E-state index in [1.807, 2.05) is 44.4 Å². The van der Waals surface area contributed by atoms with E-state index < -0.39 is 0 Å². The third-order valence-electron chi connectivity index (χ3n) is 3.58. The lowest BCUT2D eigenvalue weighted by atomic mass is 10.1. The first-order chi connectivity index (χ1) is 12.5. The van der Waals surface area contributed by atoms with Gasteiger partial charge in [0.2, 0.25) is 5.82 Å². The average Bonchev–Trinajstić information content (AvgIpc) is 3.18. The number of carbonyl (C=O) groups is 1. The second-order valence-electron chi connectivity index (χ2n) is 5.62. The molecule has 0 bridgehead atoms. The fraction of sp³-hybridized carbons (Fsp3) is 0.294. The highest BCUT2D eigenvalue weighted by Crippen LogP contribution is 2.31. The van der Waals surface area contributed by atoms with Gasteiger partial charge in [0.1, 0.15) is 18.2 Å². The minimum atomic E-state index is -0.381. The molecule has 0 amide bonds. The van der Waals surface area contributed by atoms with Crippen molar-refractivity contribution in [3.8, 4) is 23.0 Å². The standard InChI is InChI=1S/C17H17BrN4O3S/c1-10-5-4-6-12(7-10)16-19-17(25-21-16)15-14(18)11(2)20-22(15)8-13(23)24-9-26-3/h4-7H,8-9H2,1-3H3. The molecule has 9 heteroatoms. The van der Waals surface area contributed by atoms with E-state index in [1.54, 1.807) is 0 Å². The van der Waals surface area contributed by atoms with Gasteiger partial charge in [0.25, 0.3) is 5.89 Å². The Morgan fingerprint density at radius 1 is 1.38 bits per heavy atom. The number of benzene rings is 1. The largest absolute Gasteiger partial charge is 0.453 e. The third-order valence-corrected chi connectivity index (χ3v) is 4.88. The third kappa shape index (κ3) is 3.99. The van der Waals surface area contributed by atoms with Crippen LogP contribution in [0.3, 0.4) is 0 Å². The van der Waals surface area contributed by atoms with Crippen molar-refractivity contribution in [3.05, 3.63) is 40.0 Å². The summed E-state index contributed by atoms with van der Waals surface area (Å²) >= 11 is 4.92. The molecule has 0 radical (unpaired) electrons. The van der Waals surface area contributed by atoms with Gasteiger partial charge in [-0.15, -0.1) is 11.8 Å². The van der Waals surface area contributed by atoms with Crippen LogP contribution < -0.4 is 0 Å². The van der Waals surface area contributed by atoms with Crippen molar-refractivity contribution in [2.24, 2.45) is 0 Å². The van der Waals surface area contributed by atoms with E-state index in [-0.39, 0.29) is 18.4 Å². The number of nitrogens with zero attached hydrogens (tertiary/aromatic N) is 4. The van der Waals surface area contributed by atoms with Crippen LogP contribution in [0.1, 0.15) is 11.3 Å². The van der Waals surface area contributed by atoms with Crippen molar-refractivity contribution in [3.63, 3.8) is 0 Å². The van der Waals surface area contributed by atoms with Gasteiger partial charge < -0.3 is 9.26 Å². The van der Waals surface area contributed by atoms with E-state index in [9.17, 15) is 4.79 Å². The Hall–Kier alpha value is -2.13. The molecule has 0 unspecified atom stereocenters. The topological polar surface area (TPSA) is 83.0 Å². The Bertz CT molecular complexity index is 938. The minimum Gasteiger partial charge on any atom is -0.453 e. The smallest absolute Gasteiger partial charge is 0.328 e. The molecule has 0 saturated carbocycles. The van der Waals surface area contributed by atoms with Gasteiger partial charge in [-0.2, -0.15) is 10.1 Å². The molecule has 2 aromatic heterocycles. The molecule has 2 heterocycles. The highest BCUT2D eigenvalue weighted by Gasteiger charge is 2.23. The first-order valence-electron chi connectivity index (χ1n) is 7.78. The number of aryl methyl sites for hydroxylation is 2. The maximum absolute atomic E-state index is 12.0. The fourth-order valence-electron chi connectivity index (χ4n) is 2.39. The van der Waals surface area contributed by atoms with Crippen LogP contribution in [-0.2, 0) is 16.1 Å². The summed E-state index contributed by atoms with van der Waals surface area (Å²) in [5, 5.41) is 8.42. The Balaban J connectivity index is 1.93. The van der Waals surface area contributed by atoms with Gasteiger partial charge in [0, 0.05) is 5.56 Å². The molecule has 0 spiro atoms. The van der Waals surface area contributed by atoms with E-state index in [0.717, 1.165) is 11.1 Å². The van der Waals surface area contributed by atoms with Crippen LogP contribution in [0.25, 0.3) is 23.0 Å². The van der Waals surface area contributed by atoms with Gasteiger partial charge in [-0.05, 0) is 42.1 Å². The second-order valence-corrected chi connectivity index (χ2v) is 7.23. The van der Waals surface area contributed by atoms with Crippen LogP contribution >= 0.6 is 27.7 Å². The molecule has 136 valence electrons. The van der Waals surface area contributed by atoms with E-state index in [4.69, 9.17) is 9.26 Å². The SMILES string of the molecule is CSCOC(=O)Cn1nc(C)c(Br)c1-c1nc(-c2cccc(C)c2)no1. The van der Waals surface area contributed by atoms with Crippen LogP contribution in [0.4, 0.5) is 0 Å². The number of rotatable bonds is 6. The van der Waals surface area contributed by atoms with Gasteiger partial charge in [-0.25, -0.2) is 4.68 Å². The van der Waals surface area contributed by atoms with Crippen LogP contribution in [-0.4, -0.2) is 38.1 Å². The number of ether oxygens (including phenoxy) is 1. The molecule has 0 aliphatic heterocycles. The van der Waals surface area contributed by atoms with Gasteiger partial charge in [-0.1, -0.05) is 28.9 Å². The van der Waals surface area contributed by atoms with Crippen LogP contribution in [0.15, 0.2) is 33.3 Å². The number of aromatic nitrogens is 4. The van der Waals surface area contributed by atoms with Crippen molar-refractivity contribution in [1.29, 1.82) is 0 Å². The maximum Gasteiger partial charge on any atom is 0.328 e. The molecule has 3 rings (SSSR count). The monoisotopic (exact) mass is 436 g/mol. The van der Waals surface area contributed by atoms with Crippen molar-refractivity contribution < 1.29 is 14.1 Å². The molecule has 7 nitrogen and oxygen atoms in total. The van der Waals surface area contributed by atoms with E-state index in [0.29, 0.717) is 27.6 Å². The lowest BCUT2D eigenvalue weighted by molar-refractivity contribution is -0.142. The Morgan fingerprint density at radius 2 is 2.19 bits per heavy atom. The molecule has 0 N–H and O–H groups in total. The summed E-state index contributed by atoms with van der Waals surface area (Å²) < 4.78 is 12.8. The van der Waals surface area contributed by atoms with Crippen LogP contribution in [0, 0.1) is 13.8 Å². The number of hydrogen-bond donors (Lipinski definition) is 0. The van der Waals surface area contributed by atoms with Crippen molar-refractivity contribution in [2.75, 3.05) is 12.2 Å². The first-order valence-corrected chi connectivity index (χ1v) is 9.97. The lowest BCUT2D eigenvalue weighted by Gasteiger charge is -2.05. The zero-order valence-corrected chi connectivity index (χ0v) is 16.9. The summed E-state index contributed by atoms with van der Waals surface area (Å²) in [5.41, 5.74) is 3.23. The molecular weight excluding hydrogens is 420 g/mol. The quantitative estimate of drug-likeness (QED) is 0.428. The van der Waals surface area contributed by atoms with Gasteiger partial charge >= 0.3 is 5.97 Å². The van der Waals surface area contributed by atoms with Crippen LogP contribution in [0.2, 0.25) is 0 Å². The molecular formula is C17H17BrN4O3S. The normalized spacial score (nSPS) is 10.9. The van der Waals surface area contributed by atoms with Gasteiger partial charge in [0.05, 0.1) is 10.2 Å². The summed E-state index contributed by atoms with van der Waals surface area (Å²) in [6, 6.07) is 7.83. The van der Waals surface area contributed by atoms with Crippen molar-refractivity contribution in [1.82, 2.24) is 19.9 Å². The second kappa shape index (κ2) is 8.05. The number of thioether (sulfide) groups is 1.